The Balaban J connectivity index is 1.63. The zero-order valence-corrected chi connectivity index (χ0v) is 11.9. The molecule has 0 aromatic carbocycles. The summed E-state index contributed by atoms with van der Waals surface area (Å²) in [6, 6.07) is 0. The number of hydrogen-bond acceptors (Lipinski definition) is 1. The van der Waals surface area contributed by atoms with Crippen molar-refractivity contribution in [3.63, 3.8) is 0 Å². The van der Waals surface area contributed by atoms with Gasteiger partial charge in [0, 0.05) is 11.4 Å². The highest BCUT2D eigenvalue weighted by Gasteiger charge is 2.22. The van der Waals surface area contributed by atoms with Crippen LogP contribution < -0.4 is 0 Å². The molecule has 0 spiro atoms. The van der Waals surface area contributed by atoms with E-state index in [2.05, 4.69) is 15.9 Å². The maximum atomic E-state index is 6.09. The lowest BCUT2D eigenvalue weighted by molar-refractivity contribution is 0.0275. The molecule has 2 aliphatic rings. The van der Waals surface area contributed by atoms with Crippen molar-refractivity contribution < 1.29 is 4.74 Å². The van der Waals surface area contributed by atoms with Gasteiger partial charge in [-0.15, -0.1) is 0 Å². The Morgan fingerprint density at radius 1 is 0.875 bits per heavy atom. The fourth-order valence-electron chi connectivity index (χ4n) is 2.76. The molecule has 1 nitrogen and oxygen atoms in total. The standard InChI is InChI=1S/C14H25BrO/c15-13-8-3-1-2-4-9-14(13)16-11-10-12-6-5-7-12/h12-14H,1-11H2. The highest BCUT2D eigenvalue weighted by molar-refractivity contribution is 9.09. The molecule has 0 N–H and O–H groups in total. The van der Waals surface area contributed by atoms with Crippen LogP contribution in [0.4, 0.5) is 0 Å². The van der Waals surface area contributed by atoms with E-state index in [9.17, 15) is 0 Å². The number of halogens is 1. The second kappa shape index (κ2) is 7.00. The first-order chi connectivity index (χ1) is 7.86. The summed E-state index contributed by atoms with van der Waals surface area (Å²) in [5.74, 6) is 0.988. The van der Waals surface area contributed by atoms with E-state index in [1.807, 2.05) is 0 Å². The summed E-state index contributed by atoms with van der Waals surface area (Å²) < 4.78 is 6.09. The molecule has 16 heavy (non-hydrogen) atoms. The van der Waals surface area contributed by atoms with E-state index >= 15 is 0 Å². The molecule has 0 aliphatic heterocycles. The van der Waals surface area contributed by atoms with Crippen LogP contribution in [0.2, 0.25) is 0 Å². The molecule has 2 atom stereocenters. The minimum atomic E-state index is 0.486. The lowest BCUT2D eigenvalue weighted by Gasteiger charge is -2.28. The Hall–Kier alpha value is 0.440. The van der Waals surface area contributed by atoms with Gasteiger partial charge in [-0.05, 0) is 25.2 Å². The summed E-state index contributed by atoms with van der Waals surface area (Å²) in [4.78, 5) is 0.606. The lowest BCUT2D eigenvalue weighted by Crippen LogP contribution is -2.27. The molecule has 0 amide bonds. The lowest BCUT2D eigenvalue weighted by atomic mass is 9.83. The summed E-state index contributed by atoms with van der Waals surface area (Å²) in [5.41, 5.74) is 0. The summed E-state index contributed by atoms with van der Waals surface area (Å²) >= 11 is 3.81. The van der Waals surface area contributed by atoms with Crippen LogP contribution in [0, 0.1) is 5.92 Å². The molecule has 0 aromatic rings. The van der Waals surface area contributed by atoms with Gasteiger partial charge in [-0.3, -0.25) is 0 Å². The van der Waals surface area contributed by atoms with Gasteiger partial charge in [0.2, 0.25) is 0 Å². The first-order valence-electron chi connectivity index (χ1n) is 7.12. The maximum absolute atomic E-state index is 6.09. The normalized spacial score (nSPS) is 32.8. The van der Waals surface area contributed by atoms with Gasteiger partial charge in [0.1, 0.15) is 0 Å². The number of hydrogen-bond donors (Lipinski definition) is 0. The molecule has 0 radical (unpaired) electrons. The van der Waals surface area contributed by atoms with Gasteiger partial charge in [-0.2, -0.15) is 0 Å². The topological polar surface area (TPSA) is 9.23 Å². The molecule has 0 saturated heterocycles. The van der Waals surface area contributed by atoms with Gasteiger partial charge in [0.05, 0.1) is 6.10 Å². The Morgan fingerprint density at radius 3 is 2.31 bits per heavy atom. The number of alkyl halides is 1. The Morgan fingerprint density at radius 2 is 1.62 bits per heavy atom. The molecule has 2 fully saturated rings. The van der Waals surface area contributed by atoms with Crippen LogP contribution in [0.5, 0.6) is 0 Å². The molecule has 0 aromatic heterocycles. The Kier molecular flexibility index (Phi) is 5.64. The molecule has 0 heterocycles. The zero-order valence-electron chi connectivity index (χ0n) is 10.3. The summed E-state index contributed by atoms with van der Waals surface area (Å²) in [6.45, 7) is 0.997. The predicted octanol–water partition coefficient (Wildman–Crippen LogP) is 4.68. The third kappa shape index (κ3) is 4.03. The monoisotopic (exact) mass is 288 g/mol. The summed E-state index contributed by atoms with van der Waals surface area (Å²) in [7, 11) is 0. The molecule has 2 rings (SSSR count). The van der Waals surface area contributed by atoms with E-state index in [1.165, 1.54) is 64.2 Å². The van der Waals surface area contributed by atoms with Crippen LogP contribution in [0.15, 0.2) is 0 Å². The van der Waals surface area contributed by atoms with Crippen LogP contribution in [0.3, 0.4) is 0 Å². The first-order valence-corrected chi connectivity index (χ1v) is 8.03. The van der Waals surface area contributed by atoms with E-state index in [-0.39, 0.29) is 0 Å². The van der Waals surface area contributed by atoms with Crippen LogP contribution in [-0.4, -0.2) is 17.5 Å². The van der Waals surface area contributed by atoms with E-state index in [0.29, 0.717) is 10.9 Å². The summed E-state index contributed by atoms with van der Waals surface area (Å²) in [5, 5.41) is 0. The largest absolute Gasteiger partial charge is 0.377 e. The van der Waals surface area contributed by atoms with Crippen LogP contribution >= 0.6 is 15.9 Å². The average molecular weight is 289 g/mol. The highest BCUT2D eigenvalue weighted by Crippen LogP contribution is 2.30. The van der Waals surface area contributed by atoms with Crippen LogP contribution in [-0.2, 0) is 4.74 Å². The van der Waals surface area contributed by atoms with Crippen molar-refractivity contribution in [1.29, 1.82) is 0 Å². The van der Waals surface area contributed by atoms with E-state index in [4.69, 9.17) is 4.74 Å². The number of rotatable bonds is 4. The second-order valence-corrected chi connectivity index (χ2v) is 6.68. The zero-order chi connectivity index (χ0) is 11.2. The van der Waals surface area contributed by atoms with Crippen LogP contribution in [0.25, 0.3) is 0 Å². The Bertz CT molecular complexity index is 191. The van der Waals surface area contributed by atoms with Gasteiger partial charge in [0.25, 0.3) is 0 Å². The van der Waals surface area contributed by atoms with Crippen molar-refractivity contribution in [2.75, 3.05) is 6.61 Å². The van der Waals surface area contributed by atoms with Crippen molar-refractivity contribution >= 4 is 15.9 Å². The van der Waals surface area contributed by atoms with Crippen molar-refractivity contribution in [1.82, 2.24) is 0 Å². The average Bonchev–Trinajstić information content (AvgIpc) is 2.19. The van der Waals surface area contributed by atoms with Crippen molar-refractivity contribution in [3.8, 4) is 0 Å². The minimum absolute atomic E-state index is 0.486. The molecule has 2 unspecified atom stereocenters. The fourth-order valence-corrected chi connectivity index (χ4v) is 3.50. The van der Waals surface area contributed by atoms with Gasteiger partial charge in [-0.25, -0.2) is 0 Å². The summed E-state index contributed by atoms with van der Waals surface area (Å²) in [6.07, 6.45) is 14.3. The van der Waals surface area contributed by atoms with E-state index < -0.39 is 0 Å². The van der Waals surface area contributed by atoms with Crippen molar-refractivity contribution in [2.24, 2.45) is 5.92 Å². The third-order valence-electron chi connectivity index (χ3n) is 4.20. The Labute approximate surface area is 108 Å². The molecule has 2 saturated carbocycles. The number of ether oxygens (including phenoxy) is 1. The van der Waals surface area contributed by atoms with E-state index in [1.54, 1.807) is 0 Å². The van der Waals surface area contributed by atoms with Gasteiger partial charge in [-0.1, -0.05) is 60.9 Å². The molecule has 94 valence electrons. The van der Waals surface area contributed by atoms with Crippen molar-refractivity contribution in [2.45, 2.75) is 75.1 Å². The maximum Gasteiger partial charge on any atom is 0.0700 e. The van der Waals surface area contributed by atoms with E-state index in [0.717, 1.165) is 12.5 Å². The molecule has 2 heteroatoms. The van der Waals surface area contributed by atoms with Gasteiger partial charge in [0.15, 0.2) is 0 Å². The SMILES string of the molecule is BrC1CCCCCCC1OCCC1CCC1. The second-order valence-electron chi connectivity index (χ2n) is 5.50. The fraction of sp³-hybridized carbons (Fsp3) is 1.00. The molecule has 2 aliphatic carbocycles. The predicted molar refractivity (Wildman–Crippen MR) is 72.1 cm³/mol. The highest BCUT2D eigenvalue weighted by atomic mass is 79.9. The smallest absolute Gasteiger partial charge is 0.0700 e. The van der Waals surface area contributed by atoms with Crippen molar-refractivity contribution in [3.05, 3.63) is 0 Å². The third-order valence-corrected chi connectivity index (χ3v) is 5.25. The first kappa shape index (κ1) is 12.9. The van der Waals surface area contributed by atoms with Gasteiger partial charge >= 0.3 is 0 Å². The molecule has 0 bridgehead atoms. The molecular weight excluding hydrogens is 264 g/mol. The van der Waals surface area contributed by atoms with Crippen LogP contribution in [0.1, 0.15) is 64.2 Å². The quantitative estimate of drug-likeness (QED) is 0.683. The molecular formula is C14H25BrO. The minimum Gasteiger partial charge on any atom is -0.377 e. The van der Waals surface area contributed by atoms with Gasteiger partial charge < -0.3 is 4.74 Å².